The van der Waals surface area contributed by atoms with E-state index >= 15 is 0 Å². The third-order valence-electron chi connectivity index (χ3n) is 5.78. The van der Waals surface area contributed by atoms with E-state index in [1.807, 2.05) is 0 Å². The van der Waals surface area contributed by atoms with Crippen molar-refractivity contribution in [3.8, 4) is 0 Å². The molecule has 1 aromatic heterocycles. The highest BCUT2D eigenvalue weighted by Gasteiger charge is 2.42. The van der Waals surface area contributed by atoms with Crippen molar-refractivity contribution in [3.05, 3.63) is 113 Å². The largest absolute Gasteiger partial charge is 0.467 e. The summed E-state index contributed by atoms with van der Waals surface area (Å²) in [5.41, 5.74) is -1.25. The van der Waals surface area contributed by atoms with E-state index in [2.05, 4.69) is 5.32 Å². The van der Waals surface area contributed by atoms with E-state index in [-0.39, 0.29) is 12.5 Å². The average molecular weight is 546 g/mol. The molecule has 1 heterocycles. The zero-order chi connectivity index (χ0) is 28.2. The summed E-state index contributed by atoms with van der Waals surface area (Å²) in [5.74, 6) is -0.996. The first-order chi connectivity index (χ1) is 18.4. The van der Waals surface area contributed by atoms with Gasteiger partial charge < -0.3 is 15.1 Å². The second-order valence-corrected chi connectivity index (χ2v) is 8.45. The Hall–Kier alpha value is -4.54. The number of furan rings is 1. The second kappa shape index (κ2) is 11.1. The first kappa shape index (κ1) is 27.5. The molecule has 11 heteroatoms. The number of hydrogen-bond donors (Lipinski definition) is 2. The van der Waals surface area contributed by atoms with Crippen LogP contribution < -0.4 is 10.6 Å². The number of amides is 2. The topological polar surface area (TPSA) is 71.3 Å². The molecule has 0 aliphatic carbocycles. The molecule has 2 amide bonds. The molecule has 0 saturated heterocycles. The molecular weight excluding hydrogens is 526 g/mol. The minimum absolute atomic E-state index is 0.161. The van der Waals surface area contributed by atoms with Crippen molar-refractivity contribution in [2.45, 2.75) is 24.9 Å². The molecule has 4 rings (SSSR count). The van der Waals surface area contributed by atoms with Crippen LogP contribution in [0.5, 0.6) is 0 Å². The normalized spacial score (nSPS) is 13.0. The number of fused-ring (bicyclic) bond motifs is 1. The number of hydrogen-bond acceptors (Lipinski definition) is 3. The van der Waals surface area contributed by atoms with Crippen LogP contribution in [0.15, 0.2) is 89.6 Å². The van der Waals surface area contributed by atoms with Crippen LogP contribution >= 0.6 is 0 Å². The van der Waals surface area contributed by atoms with Crippen LogP contribution in [-0.4, -0.2) is 18.0 Å². The van der Waals surface area contributed by atoms with Crippen LogP contribution in [0.2, 0.25) is 0 Å². The van der Waals surface area contributed by atoms with E-state index in [0.29, 0.717) is 39.8 Å². The maximum atomic E-state index is 13.7. The monoisotopic (exact) mass is 546 g/mol. The molecule has 0 fully saturated rings. The number of halogens is 6. The summed E-state index contributed by atoms with van der Waals surface area (Å²) in [4.78, 5) is 25.2. The van der Waals surface area contributed by atoms with Gasteiger partial charge in [0.25, 0.3) is 5.91 Å². The highest BCUT2D eigenvalue weighted by Crippen LogP contribution is 2.36. The lowest BCUT2D eigenvalue weighted by molar-refractivity contribution is -0.162. The molecule has 3 aromatic carbocycles. The second-order valence-electron chi connectivity index (χ2n) is 8.45. The van der Waals surface area contributed by atoms with Gasteiger partial charge in [-0.2, -0.15) is 26.3 Å². The van der Waals surface area contributed by atoms with Crippen molar-refractivity contribution in [2.24, 2.45) is 0 Å². The summed E-state index contributed by atoms with van der Waals surface area (Å²) in [6.07, 6.45) is -6.30. The predicted octanol–water partition coefficient (Wildman–Crippen LogP) is 6.81. The Balaban J connectivity index is 1.55. The number of nitrogens with one attached hydrogen (secondary N) is 2. The first-order valence-electron chi connectivity index (χ1n) is 11.5. The van der Waals surface area contributed by atoms with E-state index in [1.165, 1.54) is 24.5 Å². The van der Waals surface area contributed by atoms with E-state index in [9.17, 15) is 35.9 Å². The van der Waals surface area contributed by atoms with Crippen LogP contribution in [0.1, 0.15) is 38.9 Å². The molecule has 1 atom stereocenters. The average Bonchev–Trinajstić information content (AvgIpc) is 3.41. The highest BCUT2D eigenvalue weighted by atomic mass is 19.4. The van der Waals surface area contributed by atoms with Gasteiger partial charge in [-0.05, 0) is 58.3 Å². The van der Waals surface area contributed by atoms with Crippen LogP contribution in [0.4, 0.5) is 26.3 Å². The SMILES string of the molecule is O=C(/C=C/c1ccc(C(=O)NCc2ccco2)c2ccccc12)NC(c1cccc(C(F)(F)F)c1)C(F)(F)F. The molecule has 5 nitrogen and oxygen atoms in total. The van der Waals surface area contributed by atoms with Crippen LogP contribution in [-0.2, 0) is 17.5 Å². The molecular formula is C28H20F6N2O3. The third-order valence-corrected chi connectivity index (χ3v) is 5.78. The number of alkyl halides is 6. The third kappa shape index (κ3) is 6.67. The van der Waals surface area contributed by atoms with Crippen molar-refractivity contribution in [1.29, 1.82) is 0 Å². The van der Waals surface area contributed by atoms with Crippen LogP contribution in [0.3, 0.4) is 0 Å². The number of rotatable bonds is 7. The van der Waals surface area contributed by atoms with Gasteiger partial charge in [0.2, 0.25) is 5.91 Å². The fourth-order valence-corrected chi connectivity index (χ4v) is 3.95. The molecule has 0 aliphatic heterocycles. The first-order valence-corrected chi connectivity index (χ1v) is 11.5. The Kier molecular flexibility index (Phi) is 7.80. The molecule has 2 N–H and O–H groups in total. The minimum Gasteiger partial charge on any atom is -0.467 e. The zero-order valence-corrected chi connectivity index (χ0v) is 19.9. The van der Waals surface area contributed by atoms with Gasteiger partial charge in [0.15, 0.2) is 6.04 Å². The summed E-state index contributed by atoms with van der Waals surface area (Å²) < 4.78 is 85.2. The van der Waals surface area contributed by atoms with Crippen LogP contribution in [0.25, 0.3) is 16.8 Å². The maximum Gasteiger partial charge on any atom is 0.416 e. The van der Waals surface area contributed by atoms with E-state index in [1.54, 1.807) is 41.7 Å². The van der Waals surface area contributed by atoms with Crippen molar-refractivity contribution in [1.82, 2.24) is 10.6 Å². The summed E-state index contributed by atoms with van der Waals surface area (Å²) in [7, 11) is 0. The summed E-state index contributed by atoms with van der Waals surface area (Å²) >= 11 is 0. The summed E-state index contributed by atoms with van der Waals surface area (Å²) in [6, 6.07) is 13.2. The lowest BCUT2D eigenvalue weighted by Gasteiger charge is -2.22. The van der Waals surface area contributed by atoms with Gasteiger partial charge in [-0.1, -0.05) is 42.5 Å². The lowest BCUT2D eigenvalue weighted by Crippen LogP contribution is -2.37. The summed E-state index contributed by atoms with van der Waals surface area (Å²) in [6.45, 7) is 0.161. The Labute approximate surface area is 218 Å². The van der Waals surface area contributed by atoms with Gasteiger partial charge in [-0.15, -0.1) is 0 Å². The number of carbonyl (C=O) groups excluding carboxylic acids is 2. The number of benzene rings is 3. The molecule has 0 spiro atoms. The Morgan fingerprint density at radius 1 is 0.872 bits per heavy atom. The quantitative estimate of drug-likeness (QED) is 0.198. The maximum absolute atomic E-state index is 13.7. The van der Waals surface area contributed by atoms with Gasteiger partial charge in [-0.25, -0.2) is 0 Å². The smallest absolute Gasteiger partial charge is 0.416 e. The van der Waals surface area contributed by atoms with Crippen molar-refractivity contribution in [3.63, 3.8) is 0 Å². The Bertz CT molecular complexity index is 1510. The van der Waals surface area contributed by atoms with Crippen molar-refractivity contribution in [2.75, 3.05) is 0 Å². The molecule has 0 aliphatic rings. The predicted molar refractivity (Wildman–Crippen MR) is 131 cm³/mol. The molecule has 39 heavy (non-hydrogen) atoms. The standard InChI is InChI=1S/C28H20F6N2O3/c29-27(30,31)19-6-3-5-18(15-19)25(28(32,33)34)36-24(37)13-11-17-10-12-23(22-9-2-1-8-21(17)22)26(38)35-16-20-7-4-14-39-20/h1-15,25H,16H2,(H,35,38)(H,36,37)/b13-11+. The number of carbonyl (C=O) groups is 2. The molecule has 4 aromatic rings. The highest BCUT2D eigenvalue weighted by molar-refractivity contribution is 6.09. The van der Waals surface area contributed by atoms with Crippen molar-refractivity contribution >= 4 is 28.7 Å². The van der Waals surface area contributed by atoms with Gasteiger partial charge in [-0.3, -0.25) is 9.59 Å². The van der Waals surface area contributed by atoms with Gasteiger partial charge in [0.05, 0.1) is 18.4 Å². The fraction of sp³-hybridized carbons (Fsp3) is 0.143. The molecule has 0 saturated carbocycles. The van der Waals surface area contributed by atoms with E-state index in [4.69, 9.17) is 4.42 Å². The van der Waals surface area contributed by atoms with Crippen molar-refractivity contribution < 1.29 is 40.3 Å². The molecule has 1 unspecified atom stereocenters. The minimum atomic E-state index is -5.05. The lowest BCUT2D eigenvalue weighted by atomic mass is 9.98. The Morgan fingerprint density at radius 3 is 2.28 bits per heavy atom. The van der Waals surface area contributed by atoms with E-state index < -0.39 is 35.4 Å². The summed E-state index contributed by atoms with van der Waals surface area (Å²) in [5, 5.41) is 5.56. The van der Waals surface area contributed by atoms with E-state index in [0.717, 1.165) is 18.2 Å². The molecule has 202 valence electrons. The van der Waals surface area contributed by atoms with Gasteiger partial charge in [0, 0.05) is 11.6 Å². The van der Waals surface area contributed by atoms with Crippen LogP contribution in [0, 0.1) is 0 Å². The van der Waals surface area contributed by atoms with Gasteiger partial charge >= 0.3 is 12.4 Å². The van der Waals surface area contributed by atoms with Gasteiger partial charge in [0.1, 0.15) is 5.76 Å². The molecule has 0 radical (unpaired) electrons. The molecule has 0 bridgehead atoms. The fourth-order valence-electron chi connectivity index (χ4n) is 3.95. The Morgan fingerprint density at radius 2 is 1.62 bits per heavy atom. The zero-order valence-electron chi connectivity index (χ0n) is 19.9.